The predicted octanol–water partition coefficient (Wildman–Crippen LogP) is 1.81. The summed E-state index contributed by atoms with van der Waals surface area (Å²) in [6.07, 6.45) is 4.32. The molecule has 1 aliphatic rings. The van der Waals surface area contributed by atoms with E-state index in [1.54, 1.807) is 0 Å². The van der Waals surface area contributed by atoms with E-state index in [-0.39, 0.29) is 10.9 Å². The van der Waals surface area contributed by atoms with Crippen molar-refractivity contribution >= 4 is 21.1 Å². The minimum absolute atomic E-state index is 0.190. The molecule has 2 aromatic heterocycles. The van der Waals surface area contributed by atoms with Crippen molar-refractivity contribution in [3.63, 3.8) is 0 Å². The highest BCUT2D eigenvalue weighted by Gasteiger charge is 2.38. The SMILES string of the molecule is O=S(=O)(c1cn[nH]c1)N1CCC[C@@H]1c1nc2ccccc2[nH]1. The molecule has 1 saturated heterocycles. The van der Waals surface area contributed by atoms with Gasteiger partial charge < -0.3 is 4.98 Å². The Morgan fingerprint density at radius 1 is 1.27 bits per heavy atom. The molecule has 0 radical (unpaired) electrons. The van der Waals surface area contributed by atoms with Gasteiger partial charge in [0.05, 0.1) is 23.3 Å². The summed E-state index contributed by atoms with van der Waals surface area (Å²) in [6, 6.07) is 7.45. The van der Waals surface area contributed by atoms with E-state index < -0.39 is 10.0 Å². The molecule has 8 heteroatoms. The Morgan fingerprint density at radius 2 is 2.14 bits per heavy atom. The summed E-state index contributed by atoms with van der Waals surface area (Å²) < 4.78 is 26.9. The fourth-order valence-corrected chi connectivity index (χ4v) is 4.52. The average Bonchev–Trinajstić information content (AvgIpc) is 3.25. The molecule has 1 aromatic carbocycles. The van der Waals surface area contributed by atoms with E-state index in [4.69, 9.17) is 0 Å². The number of rotatable bonds is 3. The number of hydrogen-bond donors (Lipinski definition) is 2. The van der Waals surface area contributed by atoms with Crippen LogP contribution >= 0.6 is 0 Å². The van der Waals surface area contributed by atoms with Gasteiger partial charge >= 0.3 is 0 Å². The molecule has 0 saturated carbocycles. The van der Waals surface area contributed by atoms with Gasteiger partial charge in [0, 0.05) is 12.7 Å². The summed E-state index contributed by atoms with van der Waals surface area (Å²) in [5, 5.41) is 6.29. The Bertz CT molecular complexity index is 867. The molecule has 1 fully saturated rings. The van der Waals surface area contributed by atoms with Gasteiger partial charge in [-0.3, -0.25) is 5.10 Å². The van der Waals surface area contributed by atoms with E-state index in [0.717, 1.165) is 23.9 Å². The first-order chi connectivity index (χ1) is 10.7. The summed E-state index contributed by atoms with van der Waals surface area (Å²) in [4.78, 5) is 7.99. The third-order valence-electron chi connectivity index (χ3n) is 4.01. The highest BCUT2D eigenvalue weighted by molar-refractivity contribution is 7.89. The van der Waals surface area contributed by atoms with Crippen molar-refractivity contribution in [1.29, 1.82) is 0 Å². The molecule has 4 rings (SSSR count). The molecule has 1 atom stereocenters. The molecule has 2 N–H and O–H groups in total. The van der Waals surface area contributed by atoms with Crippen LogP contribution in [0.2, 0.25) is 0 Å². The van der Waals surface area contributed by atoms with Crippen LogP contribution in [0.25, 0.3) is 11.0 Å². The minimum Gasteiger partial charge on any atom is -0.341 e. The number of aromatic nitrogens is 4. The third-order valence-corrected chi connectivity index (χ3v) is 5.88. The molecule has 0 spiro atoms. The van der Waals surface area contributed by atoms with Crippen molar-refractivity contribution in [2.45, 2.75) is 23.8 Å². The smallest absolute Gasteiger partial charge is 0.246 e. The first kappa shape index (κ1) is 13.5. The zero-order valence-electron chi connectivity index (χ0n) is 11.7. The largest absolute Gasteiger partial charge is 0.341 e. The van der Waals surface area contributed by atoms with Gasteiger partial charge in [0.2, 0.25) is 10.0 Å². The molecule has 3 heterocycles. The molecule has 7 nitrogen and oxygen atoms in total. The molecular weight excluding hydrogens is 302 g/mol. The van der Waals surface area contributed by atoms with Crippen molar-refractivity contribution in [2.75, 3.05) is 6.54 Å². The quantitative estimate of drug-likeness (QED) is 0.770. The Labute approximate surface area is 127 Å². The molecule has 0 aliphatic carbocycles. The molecule has 0 unspecified atom stereocenters. The summed E-state index contributed by atoms with van der Waals surface area (Å²) in [5.41, 5.74) is 1.77. The third kappa shape index (κ3) is 2.03. The Hall–Kier alpha value is -2.19. The normalized spacial score (nSPS) is 19.9. The molecule has 0 bridgehead atoms. The molecule has 3 aromatic rings. The van der Waals surface area contributed by atoms with Gasteiger partial charge in [-0.1, -0.05) is 12.1 Å². The summed E-state index contributed by atoms with van der Waals surface area (Å²) >= 11 is 0. The predicted molar refractivity (Wildman–Crippen MR) is 80.5 cm³/mol. The van der Waals surface area contributed by atoms with Gasteiger partial charge in [0.25, 0.3) is 0 Å². The van der Waals surface area contributed by atoms with Crippen LogP contribution in [0.5, 0.6) is 0 Å². The van der Waals surface area contributed by atoms with Crippen LogP contribution in [-0.4, -0.2) is 39.4 Å². The first-order valence-corrected chi connectivity index (χ1v) is 8.55. The maximum absolute atomic E-state index is 12.7. The second-order valence-electron chi connectivity index (χ2n) is 5.35. The summed E-state index contributed by atoms with van der Waals surface area (Å²) in [5.74, 6) is 0.700. The van der Waals surface area contributed by atoms with Gasteiger partial charge in [0.15, 0.2) is 0 Å². The Kier molecular flexibility index (Phi) is 3.02. The van der Waals surface area contributed by atoms with E-state index in [9.17, 15) is 8.42 Å². The zero-order valence-corrected chi connectivity index (χ0v) is 12.5. The van der Waals surface area contributed by atoms with E-state index in [0.29, 0.717) is 12.4 Å². The maximum Gasteiger partial charge on any atom is 0.246 e. The van der Waals surface area contributed by atoms with Crippen molar-refractivity contribution in [3.05, 3.63) is 42.5 Å². The number of aromatic amines is 2. The van der Waals surface area contributed by atoms with Gasteiger partial charge in [0.1, 0.15) is 10.7 Å². The van der Waals surface area contributed by atoms with Crippen LogP contribution in [0.15, 0.2) is 41.6 Å². The van der Waals surface area contributed by atoms with E-state index in [2.05, 4.69) is 20.2 Å². The fourth-order valence-electron chi connectivity index (χ4n) is 2.95. The Balaban J connectivity index is 1.75. The van der Waals surface area contributed by atoms with E-state index >= 15 is 0 Å². The zero-order chi connectivity index (χ0) is 15.2. The Morgan fingerprint density at radius 3 is 2.91 bits per heavy atom. The number of nitrogens with one attached hydrogen (secondary N) is 2. The number of nitrogens with zero attached hydrogens (tertiary/aromatic N) is 3. The highest BCUT2D eigenvalue weighted by atomic mass is 32.2. The van der Waals surface area contributed by atoms with Crippen LogP contribution in [0.4, 0.5) is 0 Å². The number of fused-ring (bicyclic) bond motifs is 1. The molecule has 1 aliphatic heterocycles. The van der Waals surface area contributed by atoms with Crippen LogP contribution in [0, 0.1) is 0 Å². The lowest BCUT2D eigenvalue weighted by molar-refractivity contribution is 0.386. The second-order valence-corrected chi connectivity index (χ2v) is 7.24. The van der Waals surface area contributed by atoms with Crippen molar-refractivity contribution in [1.82, 2.24) is 24.5 Å². The lowest BCUT2D eigenvalue weighted by Crippen LogP contribution is -2.31. The number of H-pyrrole nitrogens is 2. The standard InChI is InChI=1S/C14H15N5O2S/c20-22(21,10-8-15-16-9-10)19-7-3-6-13(19)14-17-11-4-1-2-5-12(11)18-14/h1-2,4-5,8-9,13H,3,6-7H2,(H,15,16)(H,17,18)/t13-/m1/s1. The van der Waals surface area contributed by atoms with Crippen molar-refractivity contribution < 1.29 is 8.42 Å². The number of imidazole rings is 1. The van der Waals surface area contributed by atoms with Gasteiger partial charge in [-0.25, -0.2) is 13.4 Å². The average molecular weight is 317 g/mol. The molecule has 0 amide bonds. The summed E-state index contributed by atoms with van der Waals surface area (Å²) in [7, 11) is -3.55. The number of sulfonamides is 1. The van der Waals surface area contributed by atoms with Gasteiger partial charge in [-0.05, 0) is 25.0 Å². The fraction of sp³-hybridized carbons (Fsp3) is 0.286. The molecule has 114 valence electrons. The first-order valence-electron chi connectivity index (χ1n) is 7.11. The van der Waals surface area contributed by atoms with E-state index in [1.165, 1.54) is 16.7 Å². The van der Waals surface area contributed by atoms with Gasteiger partial charge in [-0.2, -0.15) is 9.40 Å². The van der Waals surface area contributed by atoms with Gasteiger partial charge in [-0.15, -0.1) is 0 Å². The molecule has 22 heavy (non-hydrogen) atoms. The highest BCUT2D eigenvalue weighted by Crippen LogP contribution is 2.35. The second kappa shape index (κ2) is 4.92. The number of hydrogen-bond acceptors (Lipinski definition) is 4. The van der Waals surface area contributed by atoms with Crippen LogP contribution in [-0.2, 0) is 10.0 Å². The van der Waals surface area contributed by atoms with Crippen LogP contribution < -0.4 is 0 Å². The van der Waals surface area contributed by atoms with Crippen molar-refractivity contribution in [2.24, 2.45) is 0 Å². The number of para-hydroxylation sites is 2. The number of benzene rings is 1. The maximum atomic E-state index is 12.7. The van der Waals surface area contributed by atoms with Crippen LogP contribution in [0.3, 0.4) is 0 Å². The molecular formula is C14H15N5O2S. The van der Waals surface area contributed by atoms with E-state index in [1.807, 2.05) is 24.3 Å². The monoisotopic (exact) mass is 317 g/mol. The minimum atomic E-state index is -3.55. The summed E-state index contributed by atoms with van der Waals surface area (Å²) in [6.45, 7) is 0.495. The van der Waals surface area contributed by atoms with Crippen LogP contribution in [0.1, 0.15) is 24.7 Å². The lowest BCUT2D eigenvalue weighted by Gasteiger charge is -2.21. The topological polar surface area (TPSA) is 94.7 Å². The van der Waals surface area contributed by atoms with Crippen molar-refractivity contribution in [3.8, 4) is 0 Å². The lowest BCUT2D eigenvalue weighted by atomic mass is 10.2.